The van der Waals surface area contributed by atoms with Gasteiger partial charge in [0, 0.05) is 0 Å². The van der Waals surface area contributed by atoms with Crippen LogP contribution in [0.5, 0.6) is 0 Å². The Kier molecular flexibility index (Phi) is 3.01. The van der Waals surface area contributed by atoms with E-state index < -0.39 is 11.0 Å². The summed E-state index contributed by atoms with van der Waals surface area (Å²) in [5, 5.41) is -0.314. The molecule has 4 nitrogen and oxygen atoms in total. The van der Waals surface area contributed by atoms with E-state index in [0.29, 0.717) is 0 Å². The minimum absolute atomic E-state index is 0.0247. The molecule has 0 spiro atoms. The van der Waals surface area contributed by atoms with Crippen molar-refractivity contribution in [3.05, 3.63) is 30.3 Å². The van der Waals surface area contributed by atoms with Gasteiger partial charge in [-0.1, -0.05) is 28.0 Å². The van der Waals surface area contributed by atoms with Crippen molar-refractivity contribution in [2.24, 2.45) is 0 Å². The number of para-hydroxylation sites is 1. The number of anilines is 1. The van der Waals surface area contributed by atoms with Crippen molar-refractivity contribution in [2.75, 3.05) is 5.29 Å². The first kappa shape index (κ1) is 8.95. The lowest BCUT2D eigenvalue weighted by molar-refractivity contribution is 0.155. The van der Waals surface area contributed by atoms with E-state index in [9.17, 15) is 12.9 Å². The van der Waals surface area contributed by atoms with E-state index >= 15 is 0 Å². The van der Waals surface area contributed by atoms with Crippen LogP contribution in [0.4, 0.5) is 10.2 Å². The zero-order chi connectivity index (χ0) is 8.97. The second-order valence-electron chi connectivity index (χ2n) is 1.89. The van der Waals surface area contributed by atoms with Gasteiger partial charge in [-0.15, -0.1) is 4.28 Å². The molecule has 0 saturated carbocycles. The molecule has 0 atom stereocenters. The van der Waals surface area contributed by atoms with Gasteiger partial charge in [0.05, 0.1) is 0 Å². The SMILES string of the molecule is O=[SH](=O)ON(F)c1ccccc1. The van der Waals surface area contributed by atoms with Crippen molar-refractivity contribution in [2.45, 2.75) is 0 Å². The Hall–Kier alpha value is -1.14. The van der Waals surface area contributed by atoms with Gasteiger partial charge in [0.25, 0.3) is 11.0 Å². The normalized spacial score (nSPS) is 10.2. The Balaban J connectivity index is 2.71. The van der Waals surface area contributed by atoms with Crippen LogP contribution in [0.1, 0.15) is 0 Å². The average molecular weight is 191 g/mol. The molecule has 0 heterocycles. The Morgan fingerprint density at radius 3 is 2.33 bits per heavy atom. The molecular formula is C6H6FNO3S. The Labute approximate surface area is 70.2 Å². The molecule has 0 aromatic heterocycles. The summed E-state index contributed by atoms with van der Waals surface area (Å²) in [7, 11) is -3.21. The molecule has 6 heteroatoms. The smallest absolute Gasteiger partial charge is 0.201 e. The fourth-order valence-corrected chi connectivity index (χ4v) is 0.862. The second kappa shape index (κ2) is 4.03. The van der Waals surface area contributed by atoms with Crippen LogP contribution in [0.25, 0.3) is 0 Å². The Morgan fingerprint density at radius 2 is 1.83 bits per heavy atom. The average Bonchev–Trinajstić information content (AvgIpc) is 2.05. The lowest BCUT2D eigenvalue weighted by Gasteiger charge is -2.06. The highest BCUT2D eigenvalue weighted by Gasteiger charge is 2.04. The van der Waals surface area contributed by atoms with E-state index in [4.69, 9.17) is 0 Å². The van der Waals surface area contributed by atoms with Crippen LogP contribution >= 0.6 is 0 Å². The van der Waals surface area contributed by atoms with Crippen LogP contribution in [-0.2, 0) is 15.3 Å². The van der Waals surface area contributed by atoms with E-state index in [0.717, 1.165) is 0 Å². The van der Waals surface area contributed by atoms with Crippen molar-refractivity contribution in [1.29, 1.82) is 0 Å². The monoisotopic (exact) mass is 191 g/mol. The summed E-state index contributed by atoms with van der Waals surface area (Å²) in [6, 6.07) is 7.54. The molecule has 1 aromatic rings. The van der Waals surface area contributed by atoms with Gasteiger partial charge in [-0.3, -0.25) is 0 Å². The third kappa shape index (κ3) is 2.48. The maximum Gasteiger partial charge on any atom is 0.280 e. The fraction of sp³-hybridized carbons (Fsp3) is 0. The lowest BCUT2D eigenvalue weighted by Crippen LogP contribution is -2.10. The van der Waals surface area contributed by atoms with E-state index in [1.807, 2.05) is 0 Å². The number of benzene rings is 1. The summed E-state index contributed by atoms with van der Waals surface area (Å²) in [5.74, 6) is 0. The van der Waals surface area contributed by atoms with Crippen molar-refractivity contribution in [1.82, 2.24) is 0 Å². The maximum absolute atomic E-state index is 12.6. The molecule has 0 unspecified atom stereocenters. The van der Waals surface area contributed by atoms with E-state index in [-0.39, 0.29) is 11.0 Å². The standard InChI is InChI=1S/C6H6FNO3S/c7-8(11-12(9)10)6-4-2-1-3-5-6/h1-5,12H. The van der Waals surface area contributed by atoms with Gasteiger partial charge >= 0.3 is 0 Å². The van der Waals surface area contributed by atoms with E-state index in [2.05, 4.69) is 4.28 Å². The van der Waals surface area contributed by atoms with Gasteiger partial charge in [0.1, 0.15) is 5.69 Å². The molecule has 0 aliphatic heterocycles. The first-order valence-electron chi connectivity index (χ1n) is 3.03. The molecule has 0 radical (unpaired) electrons. The quantitative estimate of drug-likeness (QED) is 0.437. The summed E-state index contributed by atoms with van der Waals surface area (Å²) in [6.07, 6.45) is 0. The molecule has 12 heavy (non-hydrogen) atoms. The molecule has 0 aliphatic rings. The van der Waals surface area contributed by atoms with Gasteiger partial charge in [0.15, 0.2) is 0 Å². The molecule has 1 rings (SSSR count). The van der Waals surface area contributed by atoms with Crippen LogP contribution in [-0.4, -0.2) is 8.42 Å². The first-order valence-corrected chi connectivity index (χ1v) is 4.13. The molecule has 0 bridgehead atoms. The van der Waals surface area contributed by atoms with Crippen LogP contribution in [0.2, 0.25) is 0 Å². The zero-order valence-corrected chi connectivity index (χ0v) is 6.78. The molecule has 0 N–H and O–H groups in total. The predicted molar refractivity (Wildman–Crippen MR) is 41.4 cm³/mol. The molecule has 0 saturated heterocycles. The zero-order valence-electron chi connectivity index (χ0n) is 5.88. The number of hydrogen-bond donors (Lipinski definition) is 1. The predicted octanol–water partition coefficient (Wildman–Crippen LogP) is 0.836. The summed E-state index contributed by atoms with van der Waals surface area (Å²) in [4.78, 5) is 0. The lowest BCUT2D eigenvalue weighted by atomic mass is 10.3. The second-order valence-corrected chi connectivity index (χ2v) is 2.50. The summed E-state index contributed by atoms with van der Waals surface area (Å²) >= 11 is 0. The largest absolute Gasteiger partial charge is 0.280 e. The van der Waals surface area contributed by atoms with Gasteiger partial charge in [0.2, 0.25) is 0 Å². The minimum atomic E-state index is -3.21. The van der Waals surface area contributed by atoms with Crippen LogP contribution in [0, 0.1) is 0 Å². The van der Waals surface area contributed by atoms with Gasteiger partial charge in [-0.2, -0.15) is 0 Å². The number of nitrogens with zero attached hydrogens (tertiary/aromatic N) is 1. The molecule has 0 aliphatic carbocycles. The summed E-state index contributed by atoms with van der Waals surface area (Å²) < 4.78 is 36.2. The maximum atomic E-state index is 12.6. The summed E-state index contributed by atoms with van der Waals surface area (Å²) in [5.41, 5.74) is 0.0247. The summed E-state index contributed by atoms with van der Waals surface area (Å²) in [6.45, 7) is 0. The molecule has 0 fully saturated rings. The minimum Gasteiger partial charge on any atom is -0.201 e. The van der Waals surface area contributed by atoms with Crippen LogP contribution in [0.15, 0.2) is 30.3 Å². The first-order chi connectivity index (χ1) is 5.70. The van der Waals surface area contributed by atoms with Crippen molar-refractivity contribution < 1.29 is 17.2 Å². The number of thiol groups is 1. The Bertz CT molecular complexity index is 306. The highest BCUT2D eigenvalue weighted by Crippen LogP contribution is 2.13. The van der Waals surface area contributed by atoms with Crippen LogP contribution < -0.4 is 5.29 Å². The molecular weight excluding hydrogens is 185 g/mol. The third-order valence-corrected chi connectivity index (χ3v) is 1.37. The van der Waals surface area contributed by atoms with Crippen LogP contribution in [0.3, 0.4) is 0 Å². The molecule has 1 aromatic carbocycles. The molecule has 66 valence electrons. The van der Waals surface area contributed by atoms with Gasteiger partial charge < -0.3 is 0 Å². The highest BCUT2D eigenvalue weighted by molar-refractivity contribution is 7.67. The van der Waals surface area contributed by atoms with Crippen molar-refractivity contribution >= 4 is 16.7 Å². The van der Waals surface area contributed by atoms with Gasteiger partial charge in [-0.25, -0.2) is 8.42 Å². The number of hydrogen-bond acceptors (Lipinski definition) is 4. The third-order valence-electron chi connectivity index (χ3n) is 1.10. The number of rotatable bonds is 3. The highest BCUT2D eigenvalue weighted by atomic mass is 32.2. The number of halogens is 1. The van der Waals surface area contributed by atoms with E-state index in [1.165, 1.54) is 12.1 Å². The van der Waals surface area contributed by atoms with Gasteiger partial charge in [-0.05, 0) is 12.1 Å². The van der Waals surface area contributed by atoms with E-state index in [1.54, 1.807) is 18.2 Å². The molecule has 0 amide bonds. The van der Waals surface area contributed by atoms with Crippen molar-refractivity contribution in [3.63, 3.8) is 0 Å². The topological polar surface area (TPSA) is 46.6 Å². The fourth-order valence-electron chi connectivity index (χ4n) is 0.651. The van der Waals surface area contributed by atoms with Crippen molar-refractivity contribution in [3.8, 4) is 0 Å². The Morgan fingerprint density at radius 1 is 1.25 bits per heavy atom.